The maximum atomic E-state index is 8.81. The second-order valence-corrected chi connectivity index (χ2v) is 2.91. The number of hydrogen-bond acceptors (Lipinski definition) is 2. The van der Waals surface area contributed by atoms with Crippen molar-refractivity contribution in [2.75, 3.05) is 0 Å². The SMILES string of the molecule is Cc1ccc2cc(CO)oc2c1. The fourth-order valence-electron chi connectivity index (χ4n) is 1.27. The maximum Gasteiger partial charge on any atom is 0.134 e. The highest BCUT2D eigenvalue weighted by atomic mass is 16.4. The minimum absolute atomic E-state index is 0.0340. The van der Waals surface area contributed by atoms with Gasteiger partial charge in [0.15, 0.2) is 0 Å². The Morgan fingerprint density at radius 3 is 2.92 bits per heavy atom. The Morgan fingerprint density at radius 2 is 2.17 bits per heavy atom. The lowest BCUT2D eigenvalue weighted by molar-refractivity contribution is 0.251. The van der Waals surface area contributed by atoms with Crippen LogP contribution in [0.4, 0.5) is 0 Å². The van der Waals surface area contributed by atoms with Crippen molar-refractivity contribution in [3.8, 4) is 0 Å². The Balaban J connectivity index is 2.67. The Hall–Kier alpha value is -1.28. The molecule has 0 radical (unpaired) electrons. The van der Waals surface area contributed by atoms with Crippen molar-refractivity contribution >= 4 is 11.0 Å². The molecule has 0 amide bonds. The van der Waals surface area contributed by atoms with Gasteiger partial charge in [-0.2, -0.15) is 0 Å². The van der Waals surface area contributed by atoms with Crippen LogP contribution in [0.15, 0.2) is 28.7 Å². The predicted molar refractivity (Wildman–Crippen MR) is 46.9 cm³/mol. The molecule has 0 aliphatic heterocycles. The van der Waals surface area contributed by atoms with E-state index in [0.717, 1.165) is 11.0 Å². The van der Waals surface area contributed by atoms with E-state index in [1.165, 1.54) is 5.56 Å². The molecule has 1 aromatic heterocycles. The molecule has 0 fully saturated rings. The number of rotatable bonds is 1. The van der Waals surface area contributed by atoms with Crippen LogP contribution in [-0.2, 0) is 6.61 Å². The van der Waals surface area contributed by atoms with Crippen molar-refractivity contribution in [1.29, 1.82) is 0 Å². The summed E-state index contributed by atoms with van der Waals surface area (Å²) in [4.78, 5) is 0. The average Bonchev–Trinajstić information content (AvgIpc) is 2.46. The summed E-state index contributed by atoms with van der Waals surface area (Å²) >= 11 is 0. The van der Waals surface area contributed by atoms with Crippen LogP contribution >= 0.6 is 0 Å². The van der Waals surface area contributed by atoms with Crippen LogP contribution in [0.2, 0.25) is 0 Å². The van der Waals surface area contributed by atoms with Crippen LogP contribution in [0.1, 0.15) is 11.3 Å². The second-order valence-electron chi connectivity index (χ2n) is 2.91. The van der Waals surface area contributed by atoms with Crippen molar-refractivity contribution in [3.63, 3.8) is 0 Å². The summed E-state index contributed by atoms with van der Waals surface area (Å²) in [7, 11) is 0. The van der Waals surface area contributed by atoms with Crippen LogP contribution in [0.25, 0.3) is 11.0 Å². The van der Waals surface area contributed by atoms with E-state index < -0.39 is 0 Å². The van der Waals surface area contributed by atoms with Crippen molar-refractivity contribution < 1.29 is 9.52 Å². The van der Waals surface area contributed by atoms with Gasteiger partial charge < -0.3 is 9.52 Å². The molecule has 12 heavy (non-hydrogen) atoms. The van der Waals surface area contributed by atoms with Gasteiger partial charge in [0.1, 0.15) is 18.0 Å². The molecular weight excluding hydrogens is 152 g/mol. The highest BCUT2D eigenvalue weighted by Gasteiger charge is 2.01. The highest BCUT2D eigenvalue weighted by molar-refractivity contribution is 5.78. The molecule has 1 aromatic carbocycles. The molecule has 62 valence electrons. The number of aryl methyl sites for hydroxylation is 1. The Bertz CT molecular complexity index is 401. The van der Waals surface area contributed by atoms with E-state index in [4.69, 9.17) is 9.52 Å². The molecule has 2 heteroatoms. The zero-order chi connectivity index (χ0) is 8.55. The van der Waals surface area contributed by atoms with Gasteiger partial charge in [-0.1, -0.05) is 12.1 Å². The van der Waals surface area contributed by atoms with E-state index in [1.807, 2.05) is 31.2 Å². The zero-order valence-corrected chi connectivity index (χ0v) is 6.87. The lowest BCUT2D eigenvalue weighted by Crippen LogP contribution is -1.72. The highest BCUT2D eigenvalue weighted by Crippen LogP contribution is 2.20. The molecule has 0 saturated heterocycles. The minimum Gasteiger partial charge on any atom is -0.459 e. The Kier molecular flexibility index (Phi) is 1.62. The van der Waals surface area contributed by atoms with E-state index in [1.54, 1.807) is 0 Å². The third kappa shape index (κ3) is 1.10. The number of aliphatic hydroxyl groups is 1. The molecule has 0 aliphatic rings. The van der Waals surface area contributed by atoms with Crippen LogP contribution in [0.3, 0.4) is 0 Å². The summed E-state index contributed by atoms with van der Waals surface area (Å²) in [5.41, 5.74) is 2.01. The molecule has 2 rings (SSSR count). The summed E-state index contributed by atoms with van der Waals surface area (Å²) in [6.45, 7) is 1.98. The third-order valence-corrected chi connectivity index (χ3v) is 1.88. The molecule has 0 spiro atoms. The van der Waals surface area contributed by atoms with Crippen LogP contribution in [-0.4, -0.2) is 5.11 Å². The van der Waals surface area contributed by atoms with Gasteiger partial charge in [-0.3, -0.25) is 0 Å². The first kappa shape index (κ1) is 7.37. The van der Waals surface area contributed by atoms with Gasteiger partial charge in [0.25, 0.3) is 0 Å². The van der Waals surface area contributed by atoms with E-state index in [2.05, 4.69) is 0 Å². The van der Waals surface area contributed by atoms with Crippen LogP contribution < -0.4 is 0 Å². The largest absolute Gasteiger partial charge is 0.459 e. The molecular formula is C10H10O2. The first-order valence-corrected chi connectivity index (χ1v) is 3.89. The van der Waals surface area contributed by atoms with Crippen molar-refractivity contribution in [2.24, 2.45) is 0 Å². The van der Waals surface area contributed by atoms with E-state index in [-0.39, 0.29) is 6.61 Å². The van der Waals surface area contributed by atoms with Crippen molar-refractivity contribution in [3.05, 3.63) is 35.6 Å². The molecule has 1 heterocycles. The molecule has 0 unspecified atom stereocenters. The van der Waals surface area contributed by atoms with E-state index in [0.29, 0.717) is 5.76 Å². The van der Waals surface area contributed by atoms with Gasteiger partial charge in [0, 0.05) is 5.39 Å². The summed E-state index contributed by atoms with van der Waals surface area (Å²) in [6, 6.07) is 7.84. The van der Waals surface area contributed by atoms with Crippen LogP contribution in [0.5, 0.6) is 0 Å². The topological polar surface area (TPSA) is 33.4 Å². The van der Waals surface area contributed by atoms with Gasteiger partial charge in [0.2, 0.25) is 0 Å². The summed E-state index contributed by atoms with van der Waals surface area (Å²) in [5, 5.41) is 9.86. The minimum atomic E-state index is -0.0340. The molecule has 1 N–H and O–H groups in total. The van der Waals surface area contributed by atoms with Gasteiger partial charge in [0.05, 0.1) is 0 Å². The second kappa shape index (κ2) is 2.64. The van der Waals surface area contributed by atoms with Crippen molar-refractivity contribution in [1.82, 2.24) is 0 Å². The van der Waals surface area contributed by atoms with Gasteiger partial charge >= 0.3 is 0 Å². The number of fused-ring (bicyclic) bond motifs is 1. The fourth-order valence-corrected chi connectivity index (χ4v) is 1.27. The first-order chi connectivity index (χ1) is 5.79. The van der Waals surface area contributed by atoms with Gasteiger partial charge in [-0.25, -0.2) is 0 Å². The Morgan fingerprint density at radius 1 is 1.33 bits per heavy atom. The summed E-state index contributed by atoms with van der Waals surface area (Å²) in [5.74, 6) is 0.621. The maximum absolute atomic E-state index is 8.81. The van der Waals surface area contributed by atoms with Crippen molar-refractivity contribution in [2.45, 2.75) is 13.5 Å². The monoisotopic (exact) mass is 162 g/mol. The van der Waals surface area contributed by atoms with E-state index >= 15 is 0 Å². The smallest absolute Gasteiger partial charge is 0.134 e. The predicted octanol–water partition coefficient (Wildman–Crippen LogP) is 2.23. The molecule has 0 saturated carbocycles. The normalized spacial score (nSPS) is 10.8. The number of aliphatic hydroxyl groups excluding tert-OH is 1. The molecule has 0 bridgehead atoms. The third-order valence-electron chi connectivity index (χ3n) is 1.88. The number of benzene rings is 1. The Labute approximate surface area is 70.4 Å². The first-order valence-electron chi connectivity index (χ1n) is 3.89. The number of hydrogen-bond donors (Lipinski definition) is 1. The van der Waals surface area contributed by atoms with Gasteiger partial charge in [-0.05, 0) is 24.6 Å². The quantitative estimate of drug-likeness (QED) is 0.697. The number of furan rings is 1. The summed E-state index contributed by atoms with van der Waals surface area (Å²) in [6.07, 6.45) is 0. The molecule has 0 aliphatic carbocycles. The van der Waals surface area contributed by atoms with E-state index in [9.17, 15) is 0 Å². The fraction of sp³-hybridized carbons (Fsp3) is 0.200. The zero-order valence-electron chi connectivity index (χ0n) is 6.87. The molecule has 0 atom stereocenters. The lowest BCUT2D eigenvalue weighted by atomic mass is 10.2. The lowest BCUT2D eigenvalue weighted by Gasteiger charge is -1.89. The molecule has 2 aromatic rings. The van der Waals surface area contributed by atoms with Crippen LogP contribution in [0, 0.1) is 6.92 Å². The standard InChI is InChI=1S/C10H10O2/c1-7-2-3-8-5-9(6-11)12-10(8)4-7/h2-5,11H,6H2,1H3. The molecule has 2 nitrogen and oxygen atoms in total. The van der Waals surface area contributed by atoms with Gasteiger partial charge in [-0.15, -0.1) is 0 Å². The summed E-state index contributed by atoms with van der Waals surface area (Å²) < 4.78 is 5.35. The average molecular weight is 162 g/mol.